The van der Waals surface area contributed by atoms with Gasteiger partial charge in [-0.3, -0.25) is 4.98 Å². The normalized spacial score (nSPS) is 19.1. The summed E-state index contributed by atoms with van der Waals surface area (Å²) in [5.41, 5.74) is 3.55. The van der Waals surface area contributed by atoms with Crippen molar-refractivity contribution in [2.75, 3.05) is 27.2 Å². The Hall–Kier alpha value is -1.87. The van der Waals surface area contributed by atoms with Crippen molar-refractivity contribution in [3.05, 3.63) is 59.4 Å². The minimum Gasteiger partial charge on any atom is -0.496 e. The number of pyridine rings is 1. The lowest BCUT2D eigenvalue weighted by Gasteiger charge is -2.29. The smallest absolute Gasteiger partial charge is 0.122 e. The standard InChI is InChI=1S/C19H24N2O/c1-21-12-6-8-16(14-21)18-10-5-9-17(20-18)13-15-7-3-4-11-19(15)22-2/h3-5,7,9-11,16H,6,8,12-14H2,1-2H3. The molecule has 3 rings (SSSR count). The van der Waals surface area contributed by atoms with Gasteiger partial charge < -0.3 is 9.64 Å². The molecule has 0 saturated carbocycles. The van der Waals surface area contributed by atoms with Crippen LogP contribution in [0.1, 0.15) is 35.7 Å². The molecule has 0 N–H and O–H groups in total. The average molecular weight is 296 g/mol. The van der Waals surface area contributed by atoms with E-state index in [9.17, 15) is 0 Å². The Morgan fingerprint density at radius 3 is 2.86 bits per heavy atom. The van der Waals surface area contributed by atoms with Crippen LogP contribution >= 0.6 is 0 Å². The van der Waals surface area contributed by atoms with E-state index in [1.54, 1.807) is 7.11 Å². The molecule has 0 radical (unpaired) electrons. The molecule has 1 aliphatic heterocycles. The molecule has 1 aliphatic rings. The predicted molar refractivity (Wildman–Crippen MR) is 89.5 cm³/mol. The molecule has 1 aromatic heterocycles. The molecule has 1 saturated heterocycles. The molecule has 1 atom stereocenters. The number of aromatic nitrogens is 1. The lowest BCUT2D eigenvalue weighted by molar-refractivity contribution is 0.248. The highest BCUT2D eigenvalue weighted by Gasteiger charge is 2.20. The van der Waals surface area contributed by atoms with Crippen molar-refractivity contribution < 1.29 is 4.74 Å². The molecule has 0 aliphatic carbocycles. The van der Waals surface area contributed by atoms with E-state index in [1.807, 2.05) is 12.1 Å². The molecule has 1 unspecified atom stereocenters. The van der Waals surface area contributed by atoms with Gasteiger partial charge in [-0.15, -0.1) is 0 Å². The zero-order valence-corrected chi connectivity index (χ0v) is 13.5. The van der Waals surface area contributed by atoms with E-state index in [2.05, 4.69) is 42.3 Å². The fraction of sp³-hybridized carbons (Fsp3) is 0.421. The maximum absolute atomic E-state index is 5.44. The summed E-state index contributed by atoms with van der Waals surface area (Å²) >= 11 is 0. The van der Waals surface area contributed by atoms with Crippen molar-refractivity contribution >= 4 is 0 Å². The topological polar surface area (TPSA) is 25.4 Å². The van der Waals surface area contributed by atoms with Gasteiger partial charge in [0.25, 0.3) is 0 Å². The molecular weight excluding hydrogens is 272 g/mol. The largest absolute Gasteiger partial charge is 0.496 e. The minimum atomic E-state index is 0.566. The van der Waals surface area contributed by atoms with Crippen LogP contribution in [0.3, 0.4) is 0 Å². The van der Waals surface area contributed by atoms with Crippen LogP contribution in [0.15, 0.2) is 42.5 Å². The number of likely N-dealkylation sites (tertiary alicyclic amines) is 1. The number of likely N-dealkylation sites (N-methyl/N-ethyl adjacent to an activating group) is 1. The third-order valence-electron chi connectivity index (χ3n) is 4.44. The second-order valence-corrected chi connectivity index (χ2v) is 6.14. The average Bonchev–Trinajstić information content (AvgIpc) is 2.56. The molecule has 1 aromatic carbocycles. The third kappa shape index (κ3) is 3.47. The lowest BCUT2D eigenvalue weighted by atomic mass is 9.94. The van der Waals surface area contributed by atoms with Gasteiger partial charge >= 0.3 is 0 Å². The third-order valence-corrected chi connectivity index (χ3v) is 4.44. The van der Waals surface area contributed by atoms with Crippen molar-refractivity contribution in [1.29, 1.82) is 0 Å². The number of hydrogen-bond donors (Lipinski definition) is 0. The molecule has 3 heteroatoms. The van der Waals surface area contributed by atoms with Crippen molar-refractivity contribution in [2.45, 2.75) is 25.2 Å². The van der Waals surface area contributed by atoms with Crippen molar-refractivity contribution in [3.63, 3.8) is 0 Å². The van der Waals surface area contributed by atoms with Crippen LogP contribution in [0.25, 0.3) is 0 Å². The number of rotatable bonds is 4. The van der Waals surface area contributed by atoms with Crippen molar-refractivity contribution in [3.8, 4) is 5.75 Å². The summed E-state index contributed by atoms with van der Waals surface area (Å²) in [6.45, 7) is 2.32. The molecule has 1 fully saturated rings. The molecule has 0 bridgehead atoms. The summed E-state index contributed by atoms with van der Waals surface area (Å²) in [4.78, 5) is 7.32. The van der Waals surface area contributed by atoms with E-state index in [4.69, 9.17) is 9.72 Å². The quantitative estimate of drug-likeness (QED) is 0.863. The summed E-state index contributed by atoms with van der Waals surface area (Å²) in [5.74, 6) is 1.50. The summed E-state index contributed by atoms with van der Waals surface area (Å²) in [7, 11) is 3.92. The van der Waals surface area contributed by atoms with E-state index >= 15 is 0 Å². The van der Waals surface area contributed by atoms with Crippen LogP contribution in [0.4, 0.5) is 0 Å². The van der Waals surface area contributed by atoms with Gasteiger partial charge in [0.05, 0.1) is 7.11 Å². The second kappa shape index (κ2) is 6.93. The first-order chi connectivity index (χ1) is 10.8. The molecular formula is C19H24N2O. The highest BCUT2D eigenvalue weighted by molar-refractivity contribution is 5.36. The Kier molecular flexibility index (Phi) is 4.74. The van der Waals surface area contributed by atoms with Crippen LogP contribution in [0, 0.1) is 0 Å². The SMILES string of the molecule is COc1ccccc1Cc1cccc(C2CCCN(C)C2)n1. The fourth-order valence-electron chi connectivity index (χ4n) is 3.28. The van der Waals surface area contributed by atoms with E-state index in [0.717, 1.165) is 24.4 Å². The highest BCUT2D eigenvalue weighted by Crippen LogP contribution is 2.26. The Bertz CT molecular complexity index is 626. The number of hydrogen-bond acceptors (Lipinski definition) is 3. The zero-order chi connectivity index (χ0) is 15.4. The molecule has 116 valence electrons. The van der Waals surface area contributed by atoms with Crippen LogP contribution in [0.5, 0.6) is 5.75 Å². The van der Waals surface area contributed by atoms with E-state index < -0.39 is 0 Å². The van der Waals surface area contributed by atoms with Gasteiger partial charge in [0, 0.05) is 35.8 Å². The molecule has 3 nitrogen and oxygen atoms in total. The number of benzene rings is 1. The van der Waals surface area contributed by atoms with Crippen LogP contribution < -0.4 is 4.74 Å². The molecule has 0 amide bonds. The number of methoxy groups -OCH3 is 1. The number of para-hydroxylation sites is 1. The minimum absolute atomic E-state index is 0.566. The summed E-state index contributed by atoms with van der Waals surface area (Å²) in [6, 6.07) is 14.6. The zero-order valence-electron chi connectivity index (χ0n) is 13.5. The first kappa shape index (κ1) is 15.0. The number of ether oxygens (including phenoxy) is 1. The molecule has 2 aromatic rings. The second-order valence-electron chi connectivity index (χ2n) is 6.14. The number of piperidine rings is 1. The fourth-order valence-corrected chi connectivity index (χ4v) is 3.28. The van der Waals surface area contributed by atoms with Gasteiger partial charge in [0.15, 0.2) is 0 Å². The monoisotopic (exact) mass is 296 g/mol. The first-order valence-electron chi connectivity index (χ1n) is 8.02. The first-order valence-corrected chi connectivity index (χ1v) is 8.02. The number of nitrogens with zero attached hydrogens (tertiary/aromatic N) is 2. The molecule has 0 spiro atoms. The highest BCUT2D eigenvalue weighted by atomic mass is 16.5. The molecule has 22 heavy (non-hydrogen) atoms. The van der Waals surface area contributed by atoms with Gasteiger partial charge in [-0.2, -0.15) is 0 Å². The van der Waals surface area contributed by atoms with Gasteiger partial charge in [-0.1, -0.05) is 24.3 Å². The van der Waals surface area contributed by atoms with Crippen LogP contribution in [-0.4, -0.2) is 37.1 Å². The predicted octanol–water partition coefficient (Wildman–Crippen LogP) is 3.49. The van der Waals surface area contributed by atoms with Gasteiger partial charge in [0.1, 0.15) is 5.75 Å². The van der Waals surface area contributed by atoms with Crippen LogP contribution in [-0.2, 0) is 6.42 Å². The van der Waals surface area contributed by atoms with E-state index in [1.165, 1.54) is 30.6 Å². The van der Waals surface area contributed by atoms with Crippen molar-refractivity contribution in [2.24, 2.45) is 0 Å². The lowest BCUT2D eigenvalue weighted by Crippen LogP contribution is -2.31. The Balaban J connectivity index is 1.79. The Labute approximate surface area is 132 Å². The van der Waals surface area contributed by atoms with Gasteiger partial charge in [0.2, 0.25) is 0 Å². The maximum atomic E-state index is 5.44. The van der Waals surface area contributed by atoms with E-state index in [0.29, 0.717) is 5.92 Å². The van der Waals surface area contributed by atoms with Crippen molar-refractivity contribution in [1.82, 2.24) is 9.88 Å². The van der Waals surface area contributed by atoms with Gasteiger partial charge in [-0.05, 0) is 44.6 Å². The van der Waals surface area contributed by atoms with Gasteiger partial charge in [-0.25, -0.2) is 0 Å². The van der Waals surface area contributed by atoms with E-state index in [-0.39, 0.29) is 0 Å². The van der Waals surface area contributed by atoms with Crippen LogP contribution in [0.2, 0.25) is 0 Å². The summed E-state index contributed by atoms with van der Waals surface area (Å²) < 4.78 is 5.44. The maximum Gasteiger partial charge on any atom is 0.122 e. The Morgan fingerprint density at radius 1 is 1.18 bits per heavy atom. The summed E-state index contributed by atoms with van der Waals surface area (Å²) in [6.07, 6.45) is 3.33. The Morgan fingerprint density at radius 2 is 2.05 bits per heavy atom. The molecule has 2 heterocycles. The summed E-state index contributed by atoms with van der Waals surface area (Å²) in [5, 5.41) is 0.